The highest BCUT2D eigenvalue weighted by Gasteiger charge is 2.04. The summed E-state index contributed by atoms with van der Waals surface area (Å²) in [6.45, 7) is 3.11. The molecule has 0 amide bonds. The van der Waals surface area contributed by atoms with Crippen molar-refractivity contribution >= 4 is 17.1 Å². The molecule has 1 aromatic rings. The van der Waals surface area contributed by atoms with E-state index in [2.05, 4.69) is 31.2 Å². The summed E-state index contributed by atoms with van der Waals surface area (Å²) in [5.41, 5.74) is 13.6. The van der Waals surface area contributed by atoms with Gasteiger partial charge in [0.15, 0.2) is 0 Å². The Morgan fingerprint density at radius 3 is 2.47 bits per heavy atom. The van der Waals surface area contributed by atoms with Gasteiger partial charge in [-0.3, -0.25) is 0 Å². The van der Waals surface area contributed by atoms with Crippen molar-refractivity contribution in [1.82, 2.24) is 4.90 Å². The summed E-state index contributed by atoms with van der Waals surface area (Å²) in [5.74, 6) is 0. The first kappa shape index (κ1) is 11.7. The van der Waals surface area contributed by atoms with Crippen molar-refractivity contribution in [3.63, 3.8) is 0 Å². The number of anilines is 3. The first-order valence-electron chi connectivity index (χ1n) is 5.05. The van der Waals surface area contributed by atoms with Crippen LogP contribution in [0.4, 0.5) is 17.1 Å². The third-order valence-electron chi connectivity index (χ3n) is 2.14. The molecule has 4 heteroatoms. The first-order chi connectivity index (χ1) is 6.99. The Morgan fingerprint density at radius 1 is 1.27 bits per heavy atom. The Hall–Kier alpha value is -1.42. The monoisotopic (exact) mass is 208 g/mol. The Morgan fingerprint density at radius 2 is 1.93 bits per heavy atom. The molecule has 1 rings (SSSR count). The predicted octanol–water partition coefficient (Wildman–Crippen LogP) is 1.21. The summed E-state index contributed by atoms with van der Waals surface area (Å²) < 4.78 is 0. The lowest BCUT2D eigenvalue weighted by Gasteiger charge is -2.19. The smallest absolute Gasteiger partial charge is 0.0568 e. The van der Waals surface area contributed by atoms with E-state index in [4.69, 9.17) is 11.5 Å². The normalized spacial score (nSPS) is 12.8. The van der Waals surface area contributed by atoms with E-state index >= 15 is 0 Å². The van der Waals surface area contributed by atoms with E-state index in [0.717, 1.165) is 12.2 Å². The standard InChI is InChI=1S/C11H20N4/c1-8(7-15(2)3)14-9-4-5-10(12)11(13)6-9/h4-6,8,14H,7,12-13H2,1-3H3. The number of rotatable bonds is 4. The lowest BCUT2D eigenvalue weighted by atomic mass is 10.2. The number of benzene rings is 1. The molecule has 0 saturated carbocycles. The first-order valence-corrected chi connectivity index (χ1v) is 5.05. The number of nitrogen functional groups attached to an aromatic ring is 2. The van der Waals surface area contributed by atoms with Crippen LogP contribution < -0.4 is 16.8 Å². The summed E-state index contributed by atoms with van der Waals surface area (Å²) in [7, 11) is 4.10. The number of nitrogens with two attached hydrogens (primary N) is 2. The van der Waals surface area contributed by atoms with Crippen molar-refractivity contribution < 1.29 is 0 Å². The molecule has 0 radical (unpaired) electrons. The SMILES string of the molecule is CC(CN(C)C)Nc1ccc(N)c(N)c1. The molecule has 1 atom stereocenters. The molecule has 0 aliphatic heterocycles. The molecule has 0 spiro atoms. The molecule has 5 N–H and O–H groups in total. The van der Waals surface area contributed by atoms with Gasteiger partial charge < -0.3 is 21.7 Å². The van der Waals surface area contributed by atoms with Crippen molar-refractivity contribution in [1.29, 1.82) is 0 Å². The predicted molar refractivity (Wildman–Crippen MR) is 66.9 cm³/mol. The zero-order valence-corrected chi connectivity index (χ0v) is 9.62. The number of hydrogen-bond donors (Lipinski definition) is 3. The van der Waals surface area contributed by atoms with E-state index in [-0.39, 0.29) is 0 Å². The molecule has 0 aromatic heterocycles. The van der Waals surface area contributed by atoms with Crippen LogP contribution in [-0.2, 0) is 0 Å². The zero-order valence-electron chi connectivity index (χ0n) is 9.62. The zero-order chi connectivity index (χ0) is 11.4. The molecule has 15 heavy (non-hydrogen) atoms. The van der Waals surface area contributed by atoms with E-state index < -0.39 is 0 Å². The molecule has 0 aliphatic rings. The van der Waals surface area contributed by atoms with E-state index in [1.165, 1.54) is 0 Å². The van der Waals surface area contributed by atoms with Gasteiger partial charge in [-0.15, -0.1) is 0 Å². The molecule has 0 bridgehead atoms. The lowest BCUT2D eigenvalue weighted by Crippen LogP contribution is -2.29. The average Bonchev–Trinajstić information content (AvgIpc) is 2.10. The van der Waals surface area contributed by atoms with Gasteiger partial charge in [0.05, 0.1) is 11.4 Å². The number of likely N-dealkylation sites (N-methyl/N-ethyl adjacent to an activating group) is 1. The lowest BCUT2D eigenvalue weighted by molar-refractivity contribution is 0.392. The minimum Gasteiger partial charge on any atom is -0.397 e. The molecule has 0 aliphatic carbocycles. The fourth-order valence-corrected chi connectivity index (χ4v) is 1.54. The maximum atomic E-state index is 5.72. The molecular weight excluding hydrogens is 188 g/mol. The van der Waals surface area contributed by atoms with E-state index in [1.54, 1.807) is 0 Å². The van der Waals surface area contributed by atoms with Crippen LogP contribution in [0.1, 0.15) is 6.92 Å². The van der Waals surface area contributed by atoms with Crippen LogP contribution in [0.2, 0.25) is 0 Å². The van der Waals surface area contributed by atoms with Crippen molar-refractivity contribution in [2.45, 2.75) is 13.0 Å². The van der Waals surface area contributed by atoms with E-state index in [0.29, 0.717) is 17.4 Å². The van der Waals surface area contributed by atoms with Crippen LogP contribution >= 0.6 is 0 Å². The summed E-state index contributed by atoms with van der Waals surface area (Å²) in [4.78, 5) is 2.14. The van der Waals surface area contributed by atoms with Gasteiger partial charge in [-0.25, -0.2) is 0 Å². The molecule has 0 saturated heterocycles. The minimum absolute atomic E-state index is 0.378. The second-order valence-electron chi connectivity index (χ2n) is 4.15. The fraction of sp³-hybridized carbons (Fsp3) is 0.455. The summed E-state index contributed by atoms with van der Waals surface area (Å²) in [6.07, 6.45) is 0. The maximum Gasteiger partial charge on any atom is 0.0568 e. The third kappa shape index (κ3) is 3.67. The Labute approximate surface area is 91.2 Å². The number of nitrogens with zero attached hydrogens (tertiary/aromatic N) is 1. The van der Waals surface area contributed by atoms with Crippen molar-refractivity contribution in [3.05, 3.63) is 18.2 Å². The van der Waals surface area contributed by atoms with Gasteiger partial charge >= 0.3 is 0 Å². The molecule has 0 heterocycles. The molecule has 4 nitrogen and oxygen atoms in total. The summed E-state index contributed by atoms with van der Waals surface area (Å²) in [6, 6.07) is 6.00. The van der Waals surface area contributed by atoms with Crippen LogP contribution in [0.25, 0.3) is 0 Å². The van der Waals surface area contributed by atoms with Crippen LogP contribution in [0.3, 0.4) is 0 Å². The number of hydrogen-bond acceptors (Lipinski definition) is 4. The third-order valence-corrected chi connectivity index (χ3v) is 2.14. The molecule has 84 valence electrons. The Balaban J connectivity index is 2.60. The number of nitrogens with one attached hydrogen (secondary N) is 1. The van der Waals surface area contributed by atoms with Crippen LogP contribution in [0.15, 0.2) is 18.2 Å². The molecular formula is C11H20N4. The molecule has 0 fully saturated rings. The van der Waals surface area contributed by atoms with Gasteiger partial charge in [-0.2, -0.15) is 0 Å². The minimum atomic E-state index is 0.378. The van der Waals surface area contributed by atoms with Crippen LogP contribution in [0, 0.1) is 0 Å². The molecule has 1 aromatic carbocycles. The second-order valence-corrected chi connectivity index (χ2v) is 4.15. The average molecular weight is 208 g/mol. The van der Waals surface area contributed by atoms with Gasteiger partial charge in [0.1, 0.15) is 0 Å². The van der Waals surface area contributed by atoms with Gasteiger partial charge in [-0.05, 0) is 39.2 Å². The van der Waals surface area contributed by atoms with Crippen LogP contribution in [0.5, 0.6) is 0 Å². The largest absolute Gasteiger partial charge is 0.397 e. The van der Waals surface area contributed by atoms with Gasteiger partial charge in [0, 0.05) is 18.3 Å². The highest BCUT2D eigenvalue weighted by molar-refractivity contribution is 5.69. The fourth-order valence-electron chi connectivity index (χ4n) is 1.54. The second kappa shape index (κ2) is 4.89. The van der Waals surface area contributed by atoms with Crippen LogP contribution in [-0.4, -0.2) is 31.6 Å². The van der Waals surface area contributed by atoms with Crippen molar-refractivity contribution in [2.75, 3.05) is 37.4 Å². The van der Waals surface area contributed by atoms with E-state index in [9.17, 15) is 0 Å². The van der Waals surface area contributed by atoms with E-state index in [1.807, 2.05) is 18.2 Å². The topological polar surface area (TPSA) is 67.3 Å². The Bertz CT molecular complexity index is 322. The van der Waals surface area contributed by atoms with Gasteiger partial charge in [-0.1, -0.05) is 0 Å². The van der Waals surface area contributed by atoms with Gasteiger partial charge in [0.25, 0.3) is 0 Å². The van der Waals surface area contributed by atoms with Gasteiger partial charge in [0.2, 0.25) is 0 Å². The highest BCUT2D eigenvalue weighted by atomic mass is 15.1. The van der Waals surface area contributed by atoms with Crippen molar-refractivity contribution in [3.8, 4) is 0 Å². The molecule has 1 unspecified atom stereocenters. The Kier molecular flexibility index (Phi) is 3.80. The van der Waals surface area contributed by atoms with Crippen molar-refractivity contribution in [2.24, 2.45) is 0 Å². The quantitative estimate of drug-likeness (QED) is 0.651. The maximum absolute atomic E-state index is 5.72. The summed E-state index contributed by atoms with van der Waals surface area (Å²) >= 11 is 0. The highest BCUT2D eigenvalue weighted by Crippen LogP contribution is 2.20. The summed E-state index contributed by atoms with van der Waals surface area (Å²) in [5, 5.41) is 3.36.